The zero-order chi connectivity index (χ0) is 16.9. The number of carboxylic acids is 4. The van der Waals surface area contributed by atoms with Gasteiger partial charge in [0.1, 0.15) is 0 Å². The molecule has 0 aromatic heterocycles. The first-order valence-electron chi connectivity index (χ1n) is 4.83. The molecule has 20 heavy (non-hydrogen) atoms. The van der Waals surface area contributed by atoms with E-state index in [9.17, 15) is 19.2 Å². The summed E-state index contributed by atoms with van der Waals surface area (Å²) >= 11 is 0. The molecule has 0 aliphatic carbocycles. The lowest BCUT2D eigenvalue weighted by Gasteiger charge is -1.79. The fourth-order valence-corrected chi connectivity index (χ4v) is 0.143. The van der Waals surface area contributed by atoms with Crippen LogP contribution in [-0.2, 0) is 19.2 Å². The van der Waals surface area contributed by atoms with Gasteiger partial charge in [0.15, 0.2) is 0 Å². The number of hydrogen-bond donors (Lipinski definition) is 4. The maximum Gasteiger partial charge on any atom is 0.330 e. The van der Waals surface area contributed by atoms with E-state index in [1.165, 1.54) is 13.8 Å². The molecule has 0 aliphatic rings. The SMILES string of the molecule is C=C(C)C(=O)O.C=C(C)C(=O)O.O=C(O)C=CC(=O)O. The first kappa shape index (κ1) is 22.3. The van der Waals surface area contributed by atoms with E-state index in [2.05, 4.69) is 13.2 Å². The van der Waals surface area contributed by atoms with Gasteiger partial charge in [0.25, 0.3) is 0 Å². The van der Waals surface area contributed by atoms with Crippen molar-refractivity contribution in [2.75, 3.05) is 0 Å². The van der Waals surface area contributed by atoms with Crippen LogP contribution in [0.2, 0.25) is 0 Å². The minimum atomic E-state index is -1.26. The highest BCUT2D eigenvalue weighted by Gasteiger charge is 1.90. The molecule has 112 valence electrons. The van der Waals surface area contributed by atoms with Crippen LogP contribution in [0, 0.1) is 0 Å². The van der Waals surface area contributed by atoms with Crippen molar-refractivity contribution in [3.8, 4) is 0 Å². The van der Waals surface area contributed by atoms with Crippen molar-refractivity contribution >= 4 is 23.9 Å². The molecule has 0 radical (unpaired) electrons. The van der Waals surface area contributed by atoms with Gasteiger partial charge in [-0.3, -0.25) is 0 Å². The van der Waals surface area contributed by atoms with Crippen LogP contribution in [0.15, 0.2) is 36.5 Å². The van der Waals surface area contributed by atoms with Gasteiger partial charge in [0.2, 0.25) is 0 Å². The first-order valence-corrected chi connectivity index (χ1v) is 4.83. The lowest BCUT2D eigenvalue weighted by atomic mass is 10.4. The molecule has 0 bridgehead atoms. The van der Waals surface area contributed by atoms with Gasteiger partial charge in [-0.15, -0.1) is 0 Å². The van der Waals surface area contributed by atoms with E-state index in [-0.39, 0.29) is 11.1 Å². The summed E-state index contributed by atoms with van der Waals surface area (Å²) in [7, 11) is 0. The van der Waals surface area contributed by atoms with E-state index in [1.807, 2.05) is 0 Å². The normalized spacial score (nSPS) is 8.30. The van der Waals surface area contributed by atoms with E-state index >= 15 is 0 Å². The highest BCUT2D eigenvalue weighted by atomic mass is 16.4. The Hall–Kier alpha value is -2.90. The van der Waals surface area contributed by atoms with Crippen LogP contribution in [0.5, 0.6) is 0 Å². The van der Waals surface area contributed by atoms with E-state index in [0.29, 0.717) is 12.2 Å². The van der Waals surface area contributed by atoms with Crippen molar-refractivity contribution in [1.29, 1.82) is 0 Å². The summed E-state index contributed by atoms with van der Waals surface area (Å²) in [6.07, 6.45) is 1.12. The Morgan fingerprint density at radius 1 is 0.700 bits per heavy atom. The van der Waals surface area contributed by atoms with Crippen molar-refractivity contribution in [3.63, 3.8) is 0 Å². The van der Waals surface area contributed by atoms with E-state index in [4.69, 9.17) is 20.4 Å². The Morgan fingerprint density at radius 2 is 0.850 bits per heavy atom. The first-order chi connectivity index (χ1) is 8.91. The predicted octanol–water partition coefficient (Wildman–Crippen LogP) is 1.01. The summed E-state index contributed by atoms with van der Waals surface area (Å²) in [4.78, 5) is 38.3. The van der Waals surface area contributed by atoms with Crippen LogP contribution in [-0.4, -0.2) is 44.3 Å². The molecule has 8 nitrogen and oxygen atoms in total. The third-order valence-electron chi connectivity index (χ3n) is 1.10. The van der Waals surface area contributed by atoms with Crippen molar-refractivity contribution < 1.29 is 39.6 Å². The molecule has 0 heterocycles. The molecule has 0 saturated carbocycles. The zero-order valence-electron chi connectivity index (χ0n) is 11.0. The third-order valence-corrected chi connectivity index (χ3v) is 1.10. The lowest BCUT2D eigenvalue weighted by Crippen LogP contribution is -1.92. The highest BCUT2D eigenvalue weighted by Crippen LogP contribution is 1.81. The smallest absolute Gasteiger partial charge is 0.330 e. The molecule has 0 amide bonds. The molecule has 8 heteroatoms. The van der Waals surface area contributed by atoms with Crippen LogP contribution in [0.4, 0.5) is 0 Å². The fourth-order valence-electron chi connectivity index (χ4n) is 0.143. The van der Waals surface area contributed by atoms with Gasteiger partial charge in [-0.05, 0) is 13.8 Å². The maximum absolute atomic E-state index is 9.60. The number of carbonyl (C=O) groups is 4. The largest absolute Gasteiger partial charge is 0.478 e. The van der Waals surface area contributed by atoms with Crippen LogP contribution in [0.1, 0.15) is 13.8 Å². The summed E-state index contributed by atoms with van der Waals surface area (Å²) in [6.45, 7) is 9.20. The summed E-state index contributed by atoms with van der Waals surface area (Å²) in [5.41, 5.74) is 0.352. The molecule has 4 N–H and O–H groups in total. The number of hydrogen-bond acceptors (Lipinski definition) is 4. The number of carboxylic acid groups (broad SMARTS) is 4. The van der Waals surface area contributed by atoms with Crippen molar-refractivity contribution in [2.45, 2.75) is 13.8 Å². The monoisotopic (exact) mass is 288 g/mol. The Labute approximate surface area is 115 Å². The molecule has 0 atom stereocenters. The predicted molar refractivity (Wildman–Crippen MR) is 69.3 cm³/mol. The summed E-state index contributed by atoms with van der Waals surface area (Å²) in [5.74, 6) is -4.38. The van der Waals surface area contributed by atoms with Gasteiger partial charge in [-0.1, -0.05) is 13.2 Å². The zero-order valence-corrected chi connectivity index (χ0v) is 11.0. The Kier molecular flexibility index (Phi) is 14.0. The minimum absolute atomic E-state index is 0.176. The van der Waals surface area contributed by atoms with E-state index in [1.54, 1.807) is 0 Å². The maximum atomic E-state index is 9.60. The quantitative estimate of drug-likeness (QED) is 0.560. The number of rotatable bonds is 4. The molecule has 0 aliphatic heterocycles. The Balaban J connectivity index is -0.000000221. The molecular weight excluding hydrogens is 272 g/mol. The molecule has 0 spiro atoms. The van der Waals surface area contributed by atoms with Gasteiger partial charge in [0.05, 0.1) is 0 Å². The molecule has 0 fully saturated rings. The van der Waals surface area contributed by atoms with Crippen LogP contribution in [0.3, 0.4) is 0 Å². The van der Waals surface area contributed by atoms with Crippen LogP contribution >= 0.6 is 0 Å². The number of aliphatic carboxylic acids is 4. The topological polar surface area (TPSA) is 149 Å². The summed E-state index contributed by atoms with van der Waals surface area (Å²) in [5, 5.41) is 31.4. The molecule has 0 rings (SSSR count). The van der Waals surface area contributed by atoms with Gasteiger partial charge in [0, 0.05) is 23.3 Å². The van der Waals surface area contributed by atoms with Gasteiger partial charge < -0.3 is 20.4 Å². The molecule has 0 aromatic carbocycles. The molecule has 0 aromatic rings. The average Bonchev–Trinajstić information content (AvgIpc) is 2.27. The van der Waals surface area contributed by atoms with Crippen molar-refractivity contribution in [3.05, 3.63) is 36.5 Å². The highest BCUT2D eigenvalue weighted by molar-refractivity contribution is 5.89. The second-order valence-electron chi connectivity index (χ2n) is 3.18. The standard InChI is InChI=1S/C4H4O4.2C4H6O2/c5-3(6)1-2-4(7)8;2*1-3(2)4(5)6/h1-2H,(H,5,6)(H,7,8);2*1H2,2H3,(H,5,6). The molecular formula is C12H16O8. The van der Waals surface area contributed by atoms with Gasteiger partial charge in [-0.25, -0.2) is 19.2 Å². The van der Waals surface area contributed by atoms with E-state index in [0.717, 1.165) is 0 Å². The summed E-state index contributed by atoms with van der Waals surface area (Å²) in [6, 6.07) is 0. The van der Waals surface area contributed by atoms with Crippen molar-refractivity contribution in [1.82, 2.24) is 0 Å². The molecule has 0 saturated heterocycles. The van der Waals surface area contributed by atoms with Crippen molar-refractivity contribution in [2.24, 2.45) is 0 Å². The third kappa shape index (κ3) is 29.4. The van der Waals surface area contributed by atoms with E-state index < -0.39 is 23.9 Å². The second-order valence-corrected chi connectivity index (χ2v) is 3.18. The van der Waals surface area contributed by atoms with Crippen LogP contribution < -0.4 is 0 Å². The Bertz CT molecular complexity index is 367. The summed E-state index contributed by atoms with van der Waals surface area (Å²) < 4.78 is 0. The Morgan fingerprint density at radius 3 is 0.900 bits per heavy atom. The van der Waals surface area contributed by atoms with Gasteiger partial charge in [-0.2, -0.15) is 0 Å². The fraction of sp³-hybridized carbons (Fsp3) is 0.167. The minimum Gasteiger partial charge on any atom is -0.478 e. The average molecular weight is 288 g/mol. The lowest BCUT2D eigenvalue weighted by molar-refractivity contribution is -0.134. The second kappa shape index (κ2) is 12.6. The van der Waals surface area contributed by atoms with Gasteiger partial charge >= 0.3 is 23.9 Å². The molecule has 0 unspecified atom stereocenters. The van der Waals surface area contributed by atoms with Crippen LogP contribution in [0.25, 0.3) is 0 Å².